The van der Waals surface area contributed by atoms with Gasteiger partial charge in [-0.25, -0.2) is 0 Å². The van der Waals surface area contributed by atoms with Crippen LogP contribution < -0.4 is 0 Å². The molecule has 3 aromatic rings. The second kappa shape index (κ2) is 4.66. The van der Waals surface area contributed by atoms with Gasteiger partial charge in [-0.2, -0.15) is 0 Å². The molecule has 0 amide bonds. The van der Waals surface area contributed by atoms with Gasteiger partial charge in [0.2, 0.25) is 0 Å². The lowest BCUT2D eigenvalue weighted by molar-refractivity contribution is 0.112. The molecule has 0 aliphatic heterocycles. The monoisotopic (exact) mass is 251 g/mol. The van der Waals surface area contributed by atoms with Crippen LogP contribution in [-0.4, -0.2) is 20.1 Å². The van der Waals surface area contributed by atoms with E-state index in [4.69, 9.17) is 0 Å². The van der Waals surface area contributed by atoms with Crippen LogP contribution >= 0.6 is 0 Å². The Labute approximate surface area is 110 Å². The van der Waals surface area contributed by atoms with E-state index in [1.807, 2.05) is 36.4 Å². The van der Waals surface area contributed by atoms with Gasteiger partial charge in [0.25, 0.3) is 0 Å². The summed E-state index contributed by atoms with van der Waals surface area (Å²) in [6.07, 6.45) is 5.09. The van der Waals surface area contributed by atoms with Crippen molar-refractivity contribution in [2.75, 3.05) is 0 Å². The summed E-state index contributed by atoms with van der Waals surface area (Å²) in [6.45, 7) is 0. The van der Waals surface area contributed by atoms with Crippen LogP contribution in [-0.2, 0) is 5.60 Å². The largest absolute Gasteiger partial charge is 0.372 e. The van der Waals surface area contributed by atoms with Crippen molar-refractivity contribution in [3.8, 4) is 0 Å². The van der Waals surface area contributed by atoms with Gasteiger partial charge in [0, 0.05) is 18.6 Å². The third-order valence-corrected chi connectivity index (χ3v) is 3.06. The van der Waals surface area contributed by atoms with Crippen LogP contribution in [0.1, 0.15) is 17.1 Å². The molecule has 0 saturated carbocycles. The highest BCUT2D eigenvalue weighted by atomic mass is 16.3. The van der Waals surface area contributed by atoms with E-state index in [1.54, 1.807) is 30.7 Å². The van der Waals surface area contributed by atoms with Crippen LogP contribution in [0.4, 0.5) is 0 Å². The number of hydrogen-bond acceptors (Lipinski definition) is 3. The van der Waals surface area contributed by atoms with Gasteiger partial charge in [-0.15, -0.1) is 0 Å². The minimum atomic E-state index is -1.37. The number of H-pyrrole nitrogens is 1. The third-order valence-electron chi connectivity index (χ3n) is 3.06. The van der Waals surface area contributed by atoms with Crippen molar-refractivity contribution in [3.05, 3.63) is 84.2 Å². The molecule has 0 aliphatic carbocycles. The van der Waals surface area contributed by atoms with Gasteiger partial charge in [0.15, 0.2) is 5.60 Å². The van der Waals surface area contributed by atoms with Crippen molar-refractivity contribution in [1.82, 2.24) is 15.0 Å². The van der Waals surface area contributed by atoms with Crippen molar-refractivity contribution < 1.29 is 5.11 Å². The molecule has 3 heterocycles. The van der Waals surface area contributed by atoms with E-state index in [1.165, 1.54) is 0 Å². The number of pyridine rings is 2. The first kappa shape index (κ1) is 11.6. The molecule has 4 nitrogen and oxygen atoms in total. The van der Waals surface area contributed by atoms with Crippen molar-refractivity contribution in [1.29, 1.82) is 0 Å². The molecular formula is C15H13N3O. The van der Waals surface area contributed by atoms with Crippen molar-refractivity contribution in [2.24, 2.45) is 0 Å². The first-order valence-electron chi connectivity index (χ1n) is 6.01. The number of aromatic amines is 1. The van der Waals surface area contributed by atoms with Gasteiger partial charge in [-0.1, -0.05) is 12.1 Å². The average Bonchev–Trinajstić information content (AvgIpc) is 3.03. The third kappa shape index (κ3) is 1.92. The van der Waals surface area contributed by atoms with Gasteiger partial charge in [-0.3, -0.25) is 9.97 Å². The molecule has 0 bridgehead atoms. The van der Waals surface area contributed by atoms with E-state index in [-0.39, 0.29) is 0 Å². The molecule has 0 spiro atoms. The molecule has 0 aromatic carbocycles. The standard InChI is InChI=1S/C15H13N3O/c19-15(14-8-5-11-18-14,12-6-1-3-9-16-12)13-7-2-4-10-17-13/h1-11,18-19H. The molecule has 0 aliphatic rings. The Balaban J connectivity index is 2.23. The lowest BCUT2D eigenvalue weighted by Crippen LogP contribution is -2.31. The Morgan fingerprint density at radius 2 is 1.47 bits per heavy atom. The van der Waals surface area contributed by atoms with E-state index in [9.17, 15) is 5.11 Å². The fourth-order valence-corrected chi connectivity index (χ4v) is 2.12. The Hall–Kier alpha value is -2.46. The zero-order valence-electron chi connectivity index (χ0n) is 10.2. The predicted molar refractivity (Wildman–Crippen MR) is 71.4 cm³/mol. The molecule has 0 radical (unpaired) electrons. The quantitative estimate of drug-likeness (QED) is 0.749. The lowest BCUT2D eigenvalue weighted by atomic mass is 9.90. The van der Waals surface area contributed by atoms with Gasteiger partial charge >= 0.3 is 0 Å². The normalized spacial score (nSPS) is 11.4. The van der Waals surface area contributed by atoms with Gasteiger partial charge < -0.3 is 10.1 Å². The number of aliphatic hydroxyl groups is 1. The molecule has 2 N–H and O–H groups in total. The van der Waals surface area contributed by atoms with E-state index in [0.717, 1.165) is 0 Å². The summed E-state index contributed by atoms with van der Waals surface area (Å²) >= 11 is 0. The van der Waals surface area contributed by atoms with Gasteiger partial charge in [0.1, 0.15) is 0 Å². The van der Waals surface area contributed by atoms with Crippen molar-refractivity contribution in [2.45, 2.75) is 5.60 Å². The average molecular weight is 251 g/mol. The molecule has 0 unspecified atom stereocenters. The minimum Gasteiger partial charge on any atom is -0.372 e. The van der Waals surface area contributed by atoms with Gasteiger partial charge in [0.05, 0.1) is 17.1 Å². The van der Waals surface area contributed by atoms with E-state index < -0.39 is 5.60 Å². The number of aromatic nitrogens is 3. The lowest BCUT2D eigenvalue weighted by Gasteiger charge is -2.26. The Kier molecular flexibility index (Phi) is 2.85. The number of hydrogen-bond donors (Lipinski definition) is 2. The van der Waals surface area contributed by atoms with Crippen LogP contribution in [0.25, 0.3) is 0 Å². The second-order valence-corrected chi connectivity index (χ2v) is 4.22. The number of nitrogens with one attached hydrogen (secondary N) is 1. The molecule has 94 valence electrons. The first-order valence-corrected chi connectivity index (χ1v) is 6.01. The highest BCUT2D eigenvalue weighted by Crippen LogP contribution is 2.32. The first-order chi connectivity index (χ1) is 9.32. The maximum absolute atomic E-state index is 11.2. The Bertz CT molecular complexity index is 596. The molecule has 3 rings (SSSR count). The molecule has 3 aromatic heterocycles. The minimum absolute atomic E-state index is 0.538. The second-order valence-electron chi connectivity index (χ2n) is 4.22. The zero-order chi connectivity index (χ0) is 13.1. The van der Waals surface area contributed by atoms with Gasteiger partial charge in [-0.05, 0) is 36.4 Å². The van der Waals surface area contributed by atoms with Crippen LogP contribution in [0.2, 0.25) is 0 Å². The molecule has 0 atom stereocenters. The topological polar surface area (TPSA) is 61.8 Å². The van der Waals surface area contributed by atoms with Crippen molar-refractivity contribution in [3.63, 3.8) is 0 Å². The fraction of sp³-hybridized carbons (Fsp3) is 0.0667. The predicted octanol–water partition coefficient (Wildman–Crippen LogP) is 2.09. The molecular weight excluding hydrogens is 238 g/mol. The van der Waals surface area contributed by atoms with E-state index >= 15 is 0 Å². The Morgan fingerprint density at radius 3 is 1.89 bits per heavy atom. The summed E-state index contributed by atoms with van der Waals surface area (Å²) in [7, 11) is 0. The maximum atomic E-state index is 11.2. The smallest absolute Gasteiger partial charge is 0.189 e. The zero-order valence-corrected chi connectivity index (χ0v) is 10.2. The summed E-state index contributed by atoms with van der Waals surface area (Å²) < 4.78 is 0. The molecule has 4 heteroatoms. The highest BCUT2D eigenvalue weighted by Gasteiger charge is 2.37. The fourth-order valence-electron chi connectivity index (χ4n) is 2.12. The van der Waals surface area contributed by atoms with E-state index in [0.29, 0.717) is 17.1 Å². The summed E-state index contributed by atoms with van der Waals surface area (Å²) in [5.74, 6) is 0. The Morgan fingerprint density at radius 1 is 0.842 bits per heavy atom. The van der Waals surface area contributed by atoms with Crippen LogP contribution in [0, 0.1) is 0 Å². The highest BCUT2D eigenvalue weighted by molar-refractivity contribution is 5.38. The summed E-state index contributed by atoms with van der Waals surface area (Å²) in [6, 6.07) is 14.6. The van der Waals surface area contributed by atoms with Crippen molar-refractivity contribution >= 4 is 0 Å². The molecule has 0 fully saturated rings. The van der Waals surface area contributed by atoms with Crippen LogP contribution in [0.5, 0.6) is 0 Å². The summed E-state index contributed by atoms with van der Waals surface area (Å²) in [4.78, 5) is 11.6. The SMILES string of the molecule is OC(c1ccccn1)(c1ccccn1)c1ccc[nH]1. The van der Waals surface area contributed by atoms with Crippen LogP contribution in [0.15, 0.2) is 67.1 Å². The summed E-state index contributed by atoms with van der Waals surface area (Å²) in [5, 5.41) is 11.2. The molecule has 0 saturated heterocycles. The number of nitrogens with zero attached hydrogens (tertiary/aromatic N) is 2. The van der Waals surface area contributed by atoms with E-state index in [2.05, 4.69) is 15.0 Å². The number of rotatable bonds is 3. The summed E-state index contributed by atoms with van der Waals surface area (Å²) in [5.41, 5.74) is 0.351. The molecule has 19 heavy (non-hydrogen) atoms. The van der Waals surface area contributed by atoms with Crippen LogP contribution in [0.3, 0.4) is 0 Å². The maximum Gasteiger partial charge on any atom is 0.189 e.